The Morgan fingerprint density at radius 3 is 2.07 bits per heavy atom. The van der Waals surface area contributed by atoms with Gasteiger partial charge in [-0.1, -0.05) is 13.3 Å². The molecule has 1 unspecified atom stereocenters. The molecule has 0 saturated heterocycles. The van der Waals surface area contributed by atoms with Crippen molar-refractivity contribution in [3.63, 3.8) is 0 Å². The fourth-order valence-corrected chi connectivity index (χ4v) is 0.906. The van der Waals surface area contributed by atoms with Crippen LogP contribution in [0.3, 0.4) is 0 Å². The molecule has 0 aliphatic carbocycles. The van der Waals surface area contributed by atoms with Crippen LogP contribution in [0.1, 0.15) is 19.8 Å². The minimum Gasteiger partial charge on any atom is -0.391 e. The van der Waals surface area contributed by atoms with Gasteiger partial charge in [-0.2, -0.15) is 0 Å². The molecule has 0 aromatic carbocycles. The average Bonchev–Trinajstić information content (AvgIpc) is 2.20. The second-order valence-electron chi connectivity index (χ2n) is 3.31. The number of hydrogen-bond acceptors (Lipinski definition) is 4. The van der Waals surface area contributed by atoms with Crippen molar-refractivity contribution in [1.29, 1.82) is 0 Å². The van der Waals surface area contributed by atoms with E-state index < -0.39 is 6.10 Å². The summed E-state index contributed by atoms with van der Waals surface area (Å²) in [6.07, 6.45) is 1.61. The molecule has 0 aromatic heterocycles. The lowest BCUT2D eigenvalue weighted by molar-refractivity contribution is -0.00195. The number of rotatable bonds is 11. The van der Waals surface area contributed by atoms with Gasteiger partial charge >= 0.3 is 0 Å². The molecule has 0 saturated carbocycles. The van der Waals surface area contributed by atoms with Crippen LogP contribution in [0.4, 0.5) is 0 Å². The molecule has 0 fully saturated rings. The summed E-state index contributed by atoms with van der Waals surface area (Å²) >= 11 is 0. The van der Waals surface area contributed by atoms with E-state index in [0.717, 1.165) is 19.4 Å². The van der Waals surface area contributed by atoms with Gasteiger partial charge in [0, 0.05) is 6.61 Å². The Morgan fingerprint density at radius 1 is 1.00 bits per heavy atom. The maximum Gasteiger partial charge on any atom is 0.0774 e. The molecule has 0 amide bonds. The van der Waals surface area contributed by atoms with Gasteiger partial charge in [0.05, 0.1) is 39.1 Å². The molecule has 0 heterocycles. The third kappa shape index (κ3) is 13.8. The predicted octanol–water partition coefficient (Wildman–Crippen LogP) is 1.03. The minimum absolute atomic E-state index is 0.260. The van der Waals surface area contributed by atoms with Gasteiger partial charge in [0.2, 0.25) is 0 Å². The van der Waals surface area contributed by atoms with E-state index >= 15 is 0 Å². The molecular formula is C11H23O4. The molecule has 0 aliphatic heterocycles. The Bertz CT molecular complexity index is 117. The summed E-state index contributed by atoms with van der Waals surface area (Å²) in [5.74, 6) is 0. The summed E-state index contributed by atoms with van der Waals surface area (Å²) < 4.78 is 15.6. The highest BCUT2D eigenvalue weighted by Crippen LogP contribution is 1.88. The highest BCUT2D eigenvalue weighted by molar-refractivity contribution is 4.52. The van der Waals surface area contributed by atoms with Crippen LogP contribution in [0.15, 0.2) is 0 Å². The molecule has 91 valence electrons. The largest absolute Gasteiger partial charge is 0.391 e. The van der Waals surface area contributed by atoms with Crippen LogP contribution in [0.5, 0.6) is 0 Å². The first-order valence-electron chi connectivity index (χ1n) is 5.51. The third-order valence-electron chi connectivity index (χ3n) is 1.70. The van der Waals surface area contributed by atoms with Crippen molar-refractivity contribution < 1.29 is 19.3 Å². The van der Waals surface area contributed by atoms with Crippen LogP contribution in [-0.2, 0) is 14.2 Å². The zero-order valence-electron chi connectivity index (χ0n) is 9.61. The average molecular weight is 219 g/mol. The van der Waals surface area contributed by atoms with Crippen LogP contribution in [0.2, 0.25) is 0 Å². The first-order valence-corrected chi connectivity index (χ1v) is 5.51. The lowest BCUT2D eigenvalue weighted by Crippen LogP contribution is -2.15. The van der Waals surface area contributed by atoms with E-state index in [2.05, 4.69) is 13.8 Å². The number of ether oxygens (including phenoxy) is 3. The van der Waals surface area contributed by atoms with E-state index in [-0.39, 0.29) is 6.61 Å². The molecule has 0 rings (SSSR count). The van der Waals surface area contributed by atoms with Crippen LogP contribution in [0, 0.1) is 6.92 Å². The highest BCUT2D eigenvalue weighted by Gasteiger charge is 1.95. The molecule has 1 atom stereocenters. The first kappa shape index (κ1) is 14.8. The van der Waals surface area contributed by atoms with E-state index in [1.54, 1.807) is 0 Å². The molecule has 1 radical (unpaired) electrons. The number of aliphatic hydroxyl groups is 1. The minimum atomic E-state index is -0.651. The molecule has 0 aromatic rings. The van der Waals surface area contributed by atoms with Crippen molar-refractivity contribution >= 4 is 0 Å². The monoisotopic (exact) mass is 219 g/mol. The molecule has 1 N–H and O–H groups in total. The Morgan fingerprint density at radius 2 is 1.53 bits per heavy atom. The summed E-state index contributed by atoms with van der Waals surface area (Å²) in [6, 6.07) is 0. The zero-order chi connectivity index (χ0) is 11.4. The maximum atomic E-state index is 8.78. The third-order valence-corrected chi connectivity index (χ3v) is 1.70. The van der Waals surface area contributed by atoms with E-state index in [1.807, 2.05) is 0 Å². The Balaban J connectivity index is 2.87. The quantitative estimate of drug-likeness (QED) is 0.527. The Hall–Kier alpha value is -0.160. The van der Waals surface area contributed by atoms with Gasteiger partial charge in [0.1, 0.15) is 0 Å². The maximum absolute atomic E-state index is 8.78. The van der Waals surface area contributed by atoms with Crippen molar-refractivity contribution in [2.24, 2.45) is 0 Å². The fraction of sp³-hybridized carbons (Fsp3) is 0.909. The smallest absolute Gasteiger partial charge is 0.0774 e. The van der Waals surface area contributed by atoms with E-state index in [0.29, 0.717) is 26.4 Å². The second kappa shape index (κ2) is 11.9. The normalized spacial score (nSPS) is 13.0. The number of hydrogen-bond donors (Lipinski definition) is 1. The van der Waals surface area contributed by atoms with Gasteiger partial charge in [0.25, 0.3) is 0 Å². The molecule has 4 nitrogen and oxygen atoms in total. The van der Waals surface area contributed by atoms with Crippen LogP contribution < -0.4 is 0 Å². The van der Waals surface area contributed by atoms with Gasteiger partial charge in [-0.15, -0.1) is 0 Å². The van der Waals surface area contributed by atoms with Crippen LogP contribution >= 0.6 is 0 Å². The van der Waals surface area contributed by atoms with E-state index in [4.69, 9.17) is 19.3 Å². The van der Waals surface area contributed by atoms with Gasteiger partial charge in [-0.05, 0) is 13.3 Å². The molecule has 0 bridgehead atoms. The summed E-state index contributed by atoms with van der Waals surface area (Å²) in [5, 5.41) is 8.78. The molecular weight excluding hydrogens is 196 g/mol. The summed E-state index contributed by atoms with van der Waals surface area (Å²) in [5.41, 5.74) is 0. The first-order chi connectivity index (χ1) is 7.27. The van der Waals surface area contributed by atoms with Crippen molar-refractivity contribution in [3.8, 4) is 0 Å². The lowest BCUT2D eigenvalue weighted by atomic mass is 10.4. The van der Waals surface area contributed by atoms with Gasteiger partial charge < -0.3 is 19.3 Å². The van der Waals surface area contributed by atoms with Gasteiger partial charge in [0.15, 0.2) is 0 Å². The zero-order valence-corrected chi connectivity index (χ0v) is 9.61. The topological polar surface area (TPSA) is 47.9 Å². The van der Waals surface area contributed by atoms with Crippen molar-refractivity contribution in [3.05, 3.63) is 6.92 Å². The summed E-state index contributed by atoms with van der Waals surface area (Å²) in [6.45, 7) is 8.84. The van der Waals surface area contributed by atoms with Gasteiger partial charge in [-0.3, -0.25) is 0 Å². The van der Waals surface area contributed by atoms with Crippen molar-refractivity contribution in [2.45, 2.75) is 25.9 Å². The van der Waals surface area contributed by atoms with Crippen molar-refractivity contribution in [2.75, 3.05) is 39.6 Å². The van der Waals surface area contributed by atoms with Gasteiger partial charge in [-0.25, -0.2) is 0 Å². The number of unbranched alkanes of at least 4 members (excludes halogenated alkanes) is 1. The summed E-state index contributed by atoms with van der Waals surface area (Å²) in [4.78, 5) is 0. The SMILES string of the molecule is [CH2]C(O)COCCOCCOCCCC. The predicted molar refractivity (Wildman–Crippen MR) is 58.7 cm³/mol. The fourth-order valence-electron chi connectivity index (χ4n) is 0.906. The number of aliphatic hydroxyl groups excluding tert-OH is 1. The molecule has 0 spiro atoms. The molecule has 0 aliphatic rings. The standard InChI is InChI=1S/C11H23O4/c1-3-4-5-13-6-7-14-8-9-15-10-11(2)12/h11-12H,2-10H2,1H3. The van der Waals surface area contributed by atoms with E-state index in [9.17, 15) is 0 Å². The summed E-state index contributed by atoms with van der Waals surface area (Å²) in [7, 11) is 0. The molecule has 15 heavy (non-hydrogen) atoms. The van der Waals surface area contributed by atoms with Crippen molar-refractivity contribution in [1.82, 2.24) is 0 Å². The van der Waals surface area contributed by atoms with Crippen LogP contribution in [-0.4, -0.2) is 50.9 Å². The molecule has 4 heteroatoms. The van der Waals surface area contributed by atoms with E-state index in [1.165, 1.54) is 0 Å². The lowest BCUT2D eigenvalue weighted by Gasteiger charge is -2.07. The van der Waals surface area contributed by atoms with Crippen LogP contribution in [0.25, 0.3) is 0 Å². The Kier molecular flexibility index (Phi) is 11.8. The highest BCUT2D eigenvalue weighted by atomic mass is 16.5. The second-order valence-corrected chi connectivity index (χ2v) is 3.31. The Labute approximate surface area is 92.5 Å².